The van der Waals surface area contributed by atoms with Gasteiger partial charge in [0.1, 0.15) is 5.54 Å². The second kappa shape index (κ2) is 8.50. The fraction of sp³-hybridized carbons (Fsp3) is 0.429. The van der Waals surface area contributed by atoms with Crippen molar-refractivity contribution in [2.75, 3.05) is 27.4 Å². The lowest BCUT2D eigenvalue weighted by atomic mass is 9.89. The summed E-state index contributed by atoms with van der Waals surface area (Å²) in [6.07, 6.45) is 1.36. The maximum atomic E-state index is 12.9. The molecule has 6 nitrogen and oxygen atoms in total. The monoisotopic (exact) mass is 370 g/mol. The molecule has 0 aliphatic carbocycles. The number of rotatable bonds is 6. The number of esters is 1. The van der Waals surface area contributed by atoms with Crippen LogP contribution in [-0.4, -0.2) is 50.8 Å². The van der Waals surface area contributed by atoms with Crippen molar-refractivity contribution < 1.29 is 19.1 Å². The summed E-state index contributed by atoms with van der Waals surface area (Å²) < 4.78 is 10.3. The minimum absolute atomic E-state index is 0.210. The Morgan fingerprint density at radius 3 is 2.52 bits per heavy atom. The molecule has 27 heavy (non-hydrogen) atoms. The highest BCUT2D eigenvalue weighted by molar-refractivity contribution is 5.91. The van der Waals surface area contributed by atoms with Gasteiger partial charge in [-0.1, -0.05) is 42.5 Å². The van der Waals surface area contributed by atoms with E-state index in [9.17, 15) is 9.59 Å². The van der Waals surface area contributed by atoms with Gasteiger partial charge < -0.3 is 20.1 Å². The van der Waals surface area contributed by atoms with Gasteiger partial charge in [0.2, 0.25) is 5.91 Å². The minimum atomic E-state index is -1.01. The van der Waals surface area contributed by atoms with Crippen LogP contribution < -0.4 is 10.6 Å². The van der Waals surface area contributed by atoms with Crippen molar-refractivity contribution in [2.24, 2.45) is 0 Å². The molecule has 1 aliphatic rings. The molecule has 2 N–H and O–H groups in total. The van der Waals surface area contributed by atoms with Crippen LogP contribution in [0.15, 0.2) is 42.5 Å². The van der Waals surface area contributed by atoms with Crippen molar-refractivity contribution in [1.82, 2.24) is 10.6 Å². The molecule has 1 amide bonds. The molecule has 0 aromatic heterocycles. The van der Waals surface area contributed by atoms with E-state index in [4.69, 9.17) is 9.47 Å². The van der Waals surface area contributed by atoms with Crippen LogP contribution in [0.5, 0.6) is 0 Å². The Bertz CT molecular complexity index is 815. The van der Waals surface area contributed by atoms with Gasteiger partial charge in [-0.25, -0.2) is 4.79 Å². The van der Waals surface area contributed by atoms with Crippen LogP contribution in [0.4, 0.5) is 0 Å². The van der Waals surface area contributed by atoms with Gasteiger partial charge in [-0.3, -0.25) is 4.79 Å². The van der Waals surface area contributed by atoms with Crippen LogP contribution in [0.3, 0.4) is 0 Å². The average molecular weight is 370 g/mol. The van der Waals surface area contributed by atoms with Crippen LogP contribution >= 0.6 is 0 Å². The predicted molar refractivity (Wildman–Crippen MR) is 103 cm³/mol. The molecule has 0 spiro atoms. The third kappa shape index (κ3) is 4.28. The third-order valence-electron chi connectivity index (χ3n) is 5.20. The topological polar surface area (TPSA) is 76.7 Å². The Balaban J connectivity index is 1.75. The van der Waals surface area contributed by atoms with Crippen LogP contribution in [-0.2, 0) is 25.5 Å². The molecule has 0 saturated carbocycles. The Kier molecular flexibility index (Phi) is 6.08. The Morgan fingerprint density at radius 1 is 1.15 bits per heavy atom. The van der Waals surface area contributed by atoms with Gasteiger partial charge in [0.05, 0.1) is 13.2 Å². The van der Waals surface area contributed by atoms with Crippen LogP contribution in [0.1, 0.15) is 18.4 Å². The zero-order valence-electron chi connectivity index (χ0n) is 15.8. The lowest BCUT2D eigenvalue weighted by Crippen LogP contribution is -2.61. The Hall–Kier alpha value is -2.44. The molecule has 1 heterocycles. The van der Waals surface area contributed by atoms with Gasteiger partial charge in [-0.15, -0.1) is 0 Å². The van der Waals surface area contributed by atoms with Crippen molar-refractivity contribution in [3.05, 3.63) is 48.0 Å². The molecule has 0 bridgehead atoms. The molecule has 1 fully saturated rings. The number of carbonyl (C=O) groups is 2. The molecule has 2 aromatic carbocycles. The van der Waals surface area contributed by atoms with E-state index in [1.807, 2.05) is 18.2 Å². The third-order valence-corrected chi connectivity index (χ3v) is 5.20. The van der Waals surface area contributed by atoms with Crippen LogP contribution in [0.2, 0.25) is 0 Å². The van der Waals surface area contributed by atoms with Crippen molar-refractivity contribution >= 4 is 22.6 Å². The van der Waals surface area contributed by atoms with E-state index in [2.05, 4.69) is 34.9 Å². The predicted octanol–water partition coefficient (Wildman–Crippen LogP) is 1.81. The van der Waals surface area contributed by atoms with E-state index < -0.39 is 17.6 Å². The zero-order valence-corrected chi connectivity index (χ0v) is 15.8. The van der Waals surface area contributed by atoms with E-state index >= 15 is 0 Å². The van der Waals surface area contributed by atoms with Crippen molar-refractivity contribution in [1.29, 1.82) is 0 Å². The number of carbonyl (C=O) groups excluding carboxylic acids is 2. The number of hydrogen-bond acceptors (Lipinski definition) is 5. The molecule has 1 aliphatic heterocycles. The van der Waals surface area contributed by atoms with Crippen molar-refractivity contribution in [3.8, 4) is 0 Å². The zero-order chi connectivity index (χ0) is 19.3. The minimum Gasteiger partial charge on any atom is -0.467 e. The summed E-state index contributed by atoms with van der Waals surface area (Å²) in [5.74, 6) is -0.627. The summed E-state index contributed by atoms with van der Waals surface area (Å²) in [5.41, 5.74) is 0.0463. The largest absolute Gasteiger partial charge is 0.467 e. The lowest BCUT2D eigenvalue weighted by Gasteiger charge is -2.36. The molecule has 1 saturated heterocycles. The first-order chi connectivity index (χ1) is 13.1. The number of amides is 1. The van der Waals surface area contributed by atoms with Gasteiger partial charge in [0, 0.05) is 26.1 Å². The fourth-order valence-electron chi connectivity index (χ4n) is 3.55. The summed E-state index contributed by atoms with van der Waals surface area (Å²) in [7, 11) is 3.09. The first-order valence-corrected chi connectivity index (χ1v) is 9.21. The van der Waals surface area contributed by atoms with Crippen LogP contribution in [0, 0.1) is 0 Å². The first-order valence-electron chi connectivity index (χ1n) is 9.21. The molecule has 144 valence electrons. The highest BCUT2D eigenvalue weighted by Gasteiger charge is 2.43. The molecular formula is C21H26N2O4. The van der Waals surface area contributed by atoms with Crippen molar-refractivity contribution in [3.63, 3.8) is 0 Å². The van der Waals surface area contributed by atoms with Gasteiger partial charge in [0.15, 0.2) is 0 Å². The maximum absolute atomic E-state index is 12.9. The number of hydrogen-bond donors (Lipinski definition) is 2. The molecule has 3 rings (SSSR count). The highest BCUT2D eigenvalue weighted by atomic mass is 16.5. The quantitative estimate of drug-likeness (QED) is 0.759. The Morgan fingerprint density at radius 2 is 1.85 bits per heavy atom. The summed E-state index contributed by atoms with van der Waals surface area (Å²) in [6, 6.07) is 13.9. The average Bonchev–Trinajstić information content (AvgIpc) is 2.71. The molecule has 0 unspecified atom stereocenters. The molecule has 2 aromatic rings. The molecule has 1 atom stereocenters. The van der Waals surface area contributed by atoms with Gasteiger partial charge in [-0.05, 0) is 29.8 Å². The maximum Gasteiger partial charge on any atom is 0.331 e. The summed E-state index contributed by atoms with van der Waals surface area (Å²) >= 11 is 0. The second-order valence-corrected chi connectivity index (χ2v) is 6.90. The summed E-state index contributed by atoms with van der Waals surface area (Å²) in [6.45, 7) is 0.842. The standard InChI is InChI=1S/C21H26N2O4/c1-22-18(14-15-7-8-16-5-3-4-6-17(16)13-15)19(24)23-21(20(25)26-2)9-11-27-12-10-21/h3-8,13,18,22H,9-12,14H2,1-2H3,(H,23,24)/t18-/m0/s1. The summed E-state index contributed by atoms with van der Waals surface area (Å²) in [5, 5.41) is 8.31. The fourth-order valence-corrected chi connectivity index (χ4v) is 3.55. The molecular weight excluding hydrogens is 344 g/mol. The first kappa shape index (κ1) is 19.3. The number of benzene rings is 2. The van der Waals surface area contributed by atoms with E-state index in [0.717, 1.165) is 10.9 Å². The van der Waals surface area contributed by atoms with E-state index in [0.29, 0.717) is 32.5 Å². The SMILES string of the molecule is CN[C@@H](Cc1ccc2ccccc2c1)C(=O)NC1(C(=O)OC)CCOCC1. The van der Waals surface area contributed by atoms with E-state index in [1.165, 1.54) is 12.5 Å². The number of ether oxygens (including phenoxy) is 2. The second-order valence-electron chi connectivity index (χ2n) is 6.90. The Labute approximate surface area is 159 Å². The van der Waals surface area contributed by atoms with E-state index in [-0.39, 0.29) is 5.91 Å². The number of likely N-dealkylation sites (N-methyl/N-ethyl adjacent to an activating group) is 1. The van der Waals surface area contributed by atoms with Gasteiger partial charge in [-0.2, -0.15) is 0 Å². The van der Waals surface area contributed by atoms with Crippen LogP contribution in [0.25, 0.3) is 10.8 Å². The lowest BCUT2D eigenvalue weighted by molar-refractivity contribution is -0.155. The highest BCUT2D eigenvalue weighted by Crippen LogP contribution is 2.23. The number of fused-ring (bicyclic) bond motifs is 1. The van der Waals surface area contributed by atoms with Crippen molar-refractivity contribution in [2.45, 2.75) is 30.8 Å². The van der Waals surface area contributed by atoms with Gasteiger partial charge >= 0.3 is 5.97 Å². The van der Waals surface area contributed by atoms with Gasteiger partial charge in [0.25, 0.3) is 0 Å². The number of nitrogens with one attached hydrogen (secondary N) is 2. The molecule has 6 heteroatoms. The smallest absolute Gasteiger partial charge is 0.331 e. The summed E-state index contributed by atoms with van der Waals surface area (Å²) in [4.78, 5) is 25.2. The normalized spacial score (nSPS) is 17.3. The van der Waals surface area contributed by atoms with E-state index in [1.54, 1.807) is 7.05 Å². The number of methoxy groups -OCH3 is 1. The molecule has 0 radical (unpaired) electrons.